The number of H-pyrrole nitrogens is 1. The van der Waals surface area contributed by atoms with Gasteiger partial charge in [-0.25, -0.2) is 14.7 Å². The van der Waals surface area contributed by atoms with Gasteiger partial charge in [-0.1, -0.05) is 17.7 Å². The Balaban J connectivity index is 1.97. The number of amides is 1. The molecule has 0 saturated carbocycles. The van der Waals surface area contributed by atoms with Gasteiger partial charge < -0.3 is 0 Å². The van der Waals surface area contributed by atoms with Crippen molar-refractivity contribution in [3.05, 3.63) is 67.5 Å². The van der Waals surface area contributed by atoms with Gasteiger partial charge in [0, 0.05) is 24.2 Å². The zero-order valence-electron chi connectivity index (χ0n) is 15.6. The summed E-state index contributed by atoms with van der Waals surface area (Å²) in [5.41, 5.74) is 1.83. The Morgan fingerprint density at radius 3 is 2.38 bits per heavy atom. The molecule has 1 aliphatic rings. The molecule has 1 fully saturated rings. The summed E-state index contributed by atoms with van der Waals surface area (Å²) < 4.78 is 1.30. The molecular formula is C19H23N3O4. The lowest BCUT2D eigenvalue weighted by atomic mass is 9.96. The highest BCUT2D eigenvalue weighted by Crippen LogP contribution is 2.38. The molecule has 0 radical (unpaired) electrons. The van der Waals surface area contributed by atoms with Gasteiger partial charge >= 0.3 is 5.69 Å². The standard InChI is InChI=1S/C19H23N3O4/c1-11-8-12(2)16(13(3)9-11)17(24)22-19(4,5)10-15(26-22)21-7-6-14(23)20-18(21)25/h6-9,15H,10H2,1-5H3,(H,20,23,25). The second kappa shape index (κ2) is 6.25. The number of hydroxylamine groups is 2. The normalized spacial score (nSPS) is 19.0. The Bertz CT molecular complexity index is 964. The molecule has 2 heterocycles. The zero-order valence-corrected chi connectivity index (χ0v) is 15.6. The summed E-state index contributed by atoms with van der Waals surface area (Å²) in [5, 5.41) is 1.35. The molecule has 138 valence electrons. The summed E-state index contributed by atoms with van der Waals surface area (Å²) in [4.78, 5) is 44.6. The van der Waals surface area contributed by atoms with E-state index in [-0.39, 0.29) is 5.91 Å². The smallest absolute Gasteiger partial charge is 0.274 e. The molecule has 2 aromatic rings. The highest BCUT2D eigenvalue weighted by molar-refractivity contribution is 5.97. The zero-order chi connectivity index (χ0) is 19.2. The average Bonchev–Trinajstić information content (AvgIpc) is 2.81. The Morgan fingerprint density at radius 1 is 1.19 bits per heavy atom. The molecule has 1 unspecified atom stereocenters. The first kappa shape index (κ1) is 18.1. The summed E-state index contributed by atoms with van der Waals surface area (Å²) in [6, 6.07) is 5.19. The summed E-state index contributed by atoms with van der Waals surface area (Å²) in [5.74, 6) is -0.232. The van der Waals surface area contributed by atoms with Crippen molar-refractivity contribution < 1.29 is 9.63 Å². The molecule has 0 bridgehead atoms. The minimum Gasteiger partial charge on any atom is -0.274 e. The average molecular weight is 357 g/mol. The summed E-state index contributed by atoms with van der Waals surface area (Å²) in [7, 11) is 0. The highest BCUT2D eigenvalue weighted by atomic mass is 16.7. The number of nitrogens with one attached hydrogen (secondary N) is 1. The van der Waals surface area contributed by atoms with Crippen LogP contribution in [0.3, 0.4) is 0 Å². The minimum atomic E-state index is -0.663. The first-order valence-electron chi connectivity index (χ1n) is 8.51. The number of hydrogen-bond donors (Lipinski definition) is 1. The number of aromatic amines is 1. The van der Waals surface area contributed by atoms with Gasteiger partial charge in [0.2, 0.25) is 0 Å². The molecule has 1 N–H and O–H groups in total. The van der Waals surface area contributed by atoms with Gasteiger partial charge in [0.25, 0.3) is 11.5 Å². The molecule has 7 heteroatoms. The van der Waals surface area contributed by atoms with Crippen LogP contribution in [0, 0.1) is 20.8 Å². The van der Waals surface area contributed by atoms with E-state index < -0.39 is 23.0 Å². The highest BCUT2D eigenvalue weighted by Gasteiger charge is 2.45. The van der Waals surface area contributed by atoms with E-state index in [2.05, 4.69) is 4.98 Å². The van der Waals surface area contributed by atoms with E-state index in [1.54, 1.807) is 0 Å². The minimum absolute atomic E-state index is 0.232. The molecule has 1 saturated heterocycles. The van der Waals surface area contributed by atoms with Gasteiger partial charge in [0.15, 0.2) is 6.23 Å². The van der Waals surface area contributed by atoms with E-state index in [1.807, 2.05) is 46.8 Å². The summed E-state index contributed by atoms with van der Waals surface area (Å²) >= 11 is 0. The van der Waals surface area contributed by atoms with Crippen LogP contribution in [0.4, 0.5) is 0 Å². The van der Waals surface area contributed by atoms with Crippen LogP contribution in [0.5, 0.6) is 0 Å². The third-order valence-corrected chi connectivity index (χ3v) is 4.69. The first-order valence-corrected chi connectivity index (χ1v) is 8.51. The third-order valence-electron chi connectivity index (χ3n) is 4.69. The fourth-order valence-electron chi connectivity index (χ4n) is 3.56. The number of aromatic nitrogens is 2. The Hall–Kier alpha value is -2.67. The van der Waals surface area contributed by atoms with Crippen LogP contribution < -0.4 is 11.2 Å². The fraction of sp³-hybridized carbons (Fsp3) is 0.421. The van der Waals surface area contributed by atoms with Crippen LogP contribution in [-0.4, -0.2) is 26.1 Å². The molecule has 7 nitrogen and oxygen atoms in total. The van der Waals surface area contributed by atoms with Crippen molar-refractivity contribution >= 4 is 5.91 Å². The van der Waals surface area contributed by atoms with Gasteiger partial charge in [0.05, 0.1) is 5.54 Å². The van der Waals surface area contributed by atoms with Gasteiger partial charge in [-0.05, 0) is 45.7 Å². The first-order chi connectivity index (χ1) is 12.1. The lowest BCUT2D eigenvalue weighted by Gasteiger charge is -2.29. The molecule has 1 aromatic heterocycles. The van der Waals surface area contributed by atoms with Crippen LogP contribution in [0.25, 0.3) is 0 Å². The number of hydrogen-bond acceptors (Lipinski definition) is 4. The van der Waals surface area contributed by atoms with E-state index in [0.29, 0.717) is 12.0 Å². The van der Waals surface area contributed by atoms with Crippen molar-refractivity contribution in [3.63, 3.8) is 0 Å². The Kier molecular flexibility index (Phi) is 4.36. The summed E-state index contributed by atoms with van der Waals surface area (Å²) in [6.07, 6.45) is 1.15. The Labute approximate surface area is 151 Å². The molecule has 1 aliphatic heterocycles. The van der Waals surface area contributed by atoms with Gasteiger partial charge in [-0.2, -0.15) is 0 Å². The molecule has 1 atom stereocenters. The molecule has 26 heavy (non-hydrogen) atoms. The largest absolute Gasteiger partial charge is 0.330 e. The summed E-state index contributed by atoms with van der Waals surface area (Å²) in [6.45, 7) is 9.57. The van der Waals surface area contributed by atoms with Crippen molar-refractivity contribution in [2.75, 3.05) is 0 Å². The molecule has 0 aliphatic carbocycles. The van der Waals surface area contributed by atoms with Crippen molar-refractivity contribution in [1.29, 1.82) is 0 Å². The van der Waals surface area contributed by atoms with Crippen LogP contribution in [0.2, 0.25) is 0 Å². The van der Waals surface area contributed by atoms with Gasteiger partial charge in [0.1, 0.15) is 0 Å². The maximum atomic E-state index is 13.2. The van der Waals surface area contributed by atoms with E-state index in [9.17, 15) is 14.4 Å². The number of rotatable bonds is 2. The molecule has 3 rings (SSSR count). The number of carbonyl (C=O) groups excluding carboxylic acids is 1. The third kappa shape index (κ3) is 3.10. The lowest BCUT2D eigenvalue weighted by molar-refractivity contribution is -0.163. The molecular weight excluding hydrogens is 334 g/mol. The topological polar surface area (TPSA) is 84.4 Å². The Morgan fingerprint density at radius 2 is 1.81 bits per heavy atom. The predicted molar refractivity (Wildman–Crippen MR) is 97.0 cm³/mol. The van der Waals surface area contributed by atoms with Gasteiger partial charge in [-0.3, -0.25) is 19.1 Å². The predicted octanol–water partition coefficient (Wildman–Crippen LogP) is 2.22. The van der Waals surface area contributed by atoms with Crippen LogP contribution in [0.15, 0.2) is 34.0 Å². The second-order valence-corrected chi connectivity index (χ2v) is 7.47. The maximum Gasteiger partial charge on any atom is 0.330 e. The van der Waals surface area contributed by atoms with Crippen LogP contribution >= 0.6 is 0 Å². The van der Waals surface area contributed by atoms with Crippen LogP contribution in [-0.2, 0) is 4.84 Å². The van der Waals surface area contributed by atoms with E-state index >= 15 is 0 Å². The van der Waals surface area contributed by atoms with Crippen molar-refractivity contribution in [2.24, 2.45) is 0 Å². The number of nitrogens with zero attached hydrogens (tertiary/aromatic N) is 2. The lowest BCUT2D eigenvalue weighted by Crippen LogP contribution is -2.42. The van der Waals surface area contributed by atoms with E-state index in [1.165, 1.54) is 21.9 Å². The fourth-order valence-corrected chi connectivity index (χ4v) is 3.56. The SMILES string of the molecule is Cc1cc(C)c(C(=O)N2OC(n3ccc(=O)[nH]c3=O)CC2(C)C)c(C)c1. The van der Waals surface area contributed by atoms with Crippen LogP contribution in [0.1, 0.15) is 53.5 Å². The van der Waals surface area contributed by atoms with Crippen molar-refractivity contribution in [2.45, 2.75) is 52.8 Å². The van der Waals surface area contributed by atoms with E-state index in [4.69, 9.17) is 4.84 Å². The van der Waals surface area contributed by atoms with Crippen molar-refractivity contribution in [1.82, 2.24) is 14.6 Å². The van der Waals surface area contributed by atoms with E-state index in [0.717, 1.165) is 16.7 Å². The van der Waals surface area contributed by atoms with Crippen molar-refractivity contribution in [3.8, 4) is 0 Å². The molecule has 1 amide bonds. The number of carbonyl (C=O) groups is 1. The molecule has 0 spiro atoms. The monoisotopic (exact) mass is 357 g/mol. The quantitative estimate of drug-likeness (QED) is 0.893. The molecule has 1 aromatic carbocycles. The maximum absolute atomic E-state index is 13.2. The number of aryl methyl sites for hydroxylation is 3. The number of benzene rings is 1. The second-order valence-electron chi connectivity index (χ2n) is 7.47. The van der Waals surface area contributed by atoms with Gasteiger partial charge in [-0.15, -0.1) is 0 Å².